The van der Waals surface area contributed by atoms with Gasteiger partial charge >= 0.3 is 0 Å². The van der Waals surface area contributed by atoms with E-state index in [2.05, 4.69) is 20.3 Å². The standard InChI is InChI=1S/C12H9ClN4O2S/c1-19-6-2-3-7-8(4-6)16-12(15-7)17-11(18)9-10(13)14-5-20-9/h2-5H,1H3,(H2,15,16,17,18). The number of benzene rings is 1. The summed E-state index contributed by atoms with van der Waals surface area (Å²) in [6, 6.07) is 5.41. The molecule has 0 fully saturated rings. The van der Waals surface area contributed by atoms with Crippen LogP contribution in [-0.2, 0) is 0 Å². The summed E-state index contributed by atoms with van der Waals surface area (Å²) in [5.41, 5.74) is 3.02. The Morgan fingerprint density at radius 2 is 2.35 bits per heavy atom. The second-order valence-corrected chi connectivity index (χ2v) is 5.11. The normalized spacial score (nSPS) is 10.7. The third-order valence-corrected chi connectivity index (χ3v) is 3.88. The summed E-state index contributed by atoms with van der Waals surface area (Å²) in [5.74, 6) is 0.718. The summed E-state index contributed by atoms with van der Waals surface area (Å²) in [6.45, 7) is 0. The van der Waals surface area contributed by atoms with Crippen LogP contribution in [0.15, 0.2) is 23.7 Å². The van der Waals surface area contributed by atoms with Gasteiger partial charge in [-0.05, 0) is 12.1 Å². The van der Waals surface area contributed by atoms with E-state index in [1.54, 1.807) is 25.3 Å². The second kappa shape index (κ2) is 5.10. The van der Waals surface area contributed by atoms with Gasteiger partial charge in [-0.2, -0.15) is 0 Å². The van der Waals surface area contributed by atoms with Gasteiger partial charge in [0, 0.05) is 6.07 Å². The number of aromatic nitrogens is 3. The molecule has 0 aliphatic rings. The number of thiazole rings is 1. The number of H-pyrrole nitrogens is 1. The second-order valence-electron chi connectivity index (χ2n) is 3.89. The first-order chi connectivity index (χ1) is 9.67. The minimum atomic E-state index is -0.344. The van der Waals surface area contributed by atoms with Crippen LogP contribution in [0, 0.1) is 0 Å². The quantitative estimate of drug-likeness (QED) is 0.779. The number of imidazole rings is 1. The number of carbonyl (C=O) groups is 1. The van der Waals surface area contributed by atoms with Crippen molar-refractivity contribution in [3.8, 4) is 5.75 Å². The monoisotopic (exact) mass is 308 g/mol. The fourth-order valence-electron chi connectivity index (χ4n) is 1.72. The zero-order valence-corrected chi connectivity index (χ0v) is 11.9. The minimum Gasteiger partial charge on any atom is -0.497 e. The molecule has 3 aromatic rings. The van der Waals surface area contributed by atoms with Gasteiger partial charge in [-0.25, -0.2) is 9.97 Å². The maximum atomic E-state index is 12.0. The van der Waals surface area contributed by atoms with E-state index in [1.807, 2.05) is 0 Å². The van der Waals surface area contributed by atoms with E-state index >= 15 is 0 Å². The number of nitrogens with one attached hydrogen (secondary N) is 2. The molecule has 0 spiro atoms. The highest BCUT2D eigenvalue weighted by molar-refractivity contribution is 7.12. The van der Waals surface area contributed by atoms with Crippen LogP contribution >= 0.6 is 22.9 Å². The van der Waals surface area contributed by atoms with Gasteiger partial charge in [-0.1, -0.05) is 11.6 Å². The first kappa shape index (κ1) is 12.9. The highest BCUT2D eigenvalue weighted by Crippen LogP contribution is 2.22. The summed E-state index contributed by atoms with van der Waals surface area (Å²) in [7, 11) is 1.59. The third-order valence-electron chi connectivity index (χ3n) is 2.65. The largest absolute Gasteiger partial charge is 0.497 e. The van der Waals surface area contributed by atoms with Crippen molar-refractivity contribution in [3.63, 3.8) is 0 Å². The summed E-state index contributed by atoms with van der Waals surface area (Å²) in [5, 5.41) is 2.84. The fourth-order valence-corrected chi connectivity index (χ4v) is 2.62. The molecule has 0 saturated heterocycles. The smallest absolute Gasteiger partial charge is 0.271 e. The molecule has 0 unspecified atom stereocenters. The van der Waals surface area contributed by atoms with Crippen molar-refractivity contribution in [2.24, 2.45) is 0 Å². The number of halogens is 1. The molecular weight excluding hydrogens is 300 g/mol. The van der Waals surface area contributed by atoms with Crippen molar-refractivity contribution in [3.05, 3.63) is 33.7 Å². The Labute approximate surface area is 122 Å². The Morgan fingerprint density at radius 1 is 1.50 bits per heavy atom. The molecule has 102 valence electrons. The van der Waals surface area contributed by atoms with E-state index in [1.165, 1.54) is 16.8 Å². The van der Waals surface area contributed by atoms with E-state index in [4.69, 9.17) is 16.3 Å². The lowest BCUT2D eigenvalue weighted by atomic mass is 10.3. The number of ether oxygens (including phenoxy) is 1. The molecule has 1 amide bonds. The van der Waals surface area contributed by atoms with Gasteiger partial charge in [0.25, 0.3) is 5.91 Å². The van der Waals surface area contributed by atoms with Crippen LogP contribution in [0.3, 0.4) is 0 Å². The van der Waals surface area contributed by atoms with Crippen LogP contribution in [-0.4, -0.2) is 28.0 Å². The van der Waals surface area contributed by atoms with Crippen molar-refractivity contribution in [2.45, 2.75) is 0 Å². The van der Waals surface area contributed by atoms with E-state index < -0.39 is 0 Å². The molecule has 20 heavy (non-hydrogen) atoms. The van der Waals surface area contributed by atoms with Gasteiger partial charge in [0.15, 0.2) is 5.15 Å². The Bertz CT molecular complexity index is 783. The number of fused-ring (bicyclic) bond motifs is 1. The van der Waals surface area contributed by atoms with Crippen molar-refractivity contribution in [1.82, 2.24) is 15.0 Å². The van der Waals surface area contributed by atoms with Crippen molar-refractivity contribution in [2.75, 3.05) is 12.4 Å². The lowest BCUT2D eigenvalue weighted by molar-refractivity contribution is 0.103. The zero-order chi connectivity index (χ0) is 14.1. The van der Waals surface area contributed by atoms with E-state index in [0.717, 1.165) is 11.0 Å². The number of amides is 1. The maximum absolute atomic E-state index is 12.0. The van der Waals surface area contributed by atoms with Crippen LogP contribution in [0.5, 0.6) is 5.75 Å². The molecule has 2 heterocycles. The van der Waals surface area contributed by atoms with Crippen LogP contribution < -0.4 is 10.1 Å². The molecule has 3 rings (SSSR count). The molecule has 2 N–H and O–H groups in total. The SMILES string of the molecule is COc1ccc2nc(NC(=O)c3scnc3Cl)[nH]c2c1. The molecule has 2 aromatic heterocycles. The average Bonchev–Trinajstić information content (AvgIpc) is 3.03. The van der Waals surface area contributed by atoms with Gasteiger partial charge in [-0.15, -0.1) is 11.3 Å². The molecule has 1 aromatic carbocycles. The van der Waals surface area contributed by atoms with Gasteiger partial charge in [0.05, 0.1) is 23.7 Å². The Kier molecular flexibility index (Phi) is 3.29. The Balaban J connectivity index is 1.88. The number of carbonyl (C=O) groups excluding carboxylic acids is 1. The third kappa shape index (κ3) is 2.33. The van der Waals surface area contributed by atoms with Crippen LogP contribution in [0.25, 0.3) is 11.0 Å². The molecule has 6 nitrogen and oxygen atoms in total. The number of aromatic amines is 1. The highest BCUT2D eigenvalue weighted by atomic mass is 35.5. The Morgan fingerprint density at radius 3 is 3.05 bits per heavy atom. The summed E-state index contributed by atoms with van der Waals surface area (Å²) >= 11 is 6.98. The predicted octanol–water partition coefficient (Wildman–Crippen LogP) is 2.93. The first-order valence-electron chi connectivity index (χ1n) is 5.61. The van der Waals surface area contributed by atoms with Crippen LogP contribution in [0.4, 0.5) is 5.95 Å². The number of anilines is 1. The van der Waals surface area contributed by atoms with E-state index in [9.17, 15) is 4.79 Å². The molecule has 0 aliphatic carbocycles. The lowest BCUT2D eigenvalue weighted by Gasteiger charge is -1.98. The van der Waals surface area contributed by atoms with Crippen LogP contribution in [0.2, 0.25) is 5.15 Å². The molecule has 0 saturated carbocycles. The molecule has 0 atom stereocenters. The number of rotatable bonds is 3. The van der Waals surface area contributed by atoms with Gasteiger partial charge in [0.1, 0.15) is 10.6 Å². The summed E-state index contributed by atoms with van der Waals surface area (Å²) in [4.78, 5) is 23.4. The van der Waals surface area contributed by atoms with Crippen LogP contribution in [0.1, 0.15) is 9.67 Å². The zero-order valence-electron chi connectivity index (χ0n) is 10.3. The number of hydrogen-bond donors (Lipinski definition) is 2. The number of hydrogen-bond acceptors (Lipinski definition) is 5. The van der Waals surface area contributed by atoms with Crippen molar-refractivity contribution in [1.29, 1.82) is 0 Å². The first-order valence-corrected chi connectivity index (χ1v) is 6.87. The molecule has 8 heteroatoms. The van der Waals surface area contributed by atoms with Gasteiger partial charge < -0.3 is 9.72 Å². The van der Waals surface area contributed by atoms with Crippen molar-refractivity contribution >= 4 is 45.8 Å². The van der Waals surface area contributed by atoms with E-state index in [-0.39, 0.29) is 11.1 Å². The maximum Gasteiger partial charge on any atom is 0.271 e. The number of nitrogens with zero attached hydrogens (tertiary/aromatic N) is 2. The molecular formula is C12H9ClN4O2S. The van der Waals surface area contributed by atoms with Gasteiger partial charge in [-0.3, -0.25) is 10.1 Å². The average molecular weight is 309 g/mol. The topological polar surface area (TPSA) is 79.9 Å². The van der Waals surface area contributed by atoms with Crippen molar-refractivity contribution < 1.29 is 9.53 Å². The summed E-state index contributed by atoms with van der Waals surface area (Å²) < 4.78 is 5.13. The fraction of sp³-hybridized carbons (Fsp3) is 0.0833. The highest BCUT2D eigenvalue weighted by Gasteiger charge is 2.15. The van der Waals surface area contributed by atoms with Gasteiger partial charge in [0.2, 0.25) is 5.95 Å². The predicted molar refractivity (Wildman–Crippen MR) is 77.7 cm³/mol. The molecule has 0 radical (unpaired) electrons. The van der Waals surface area contributed by atoms with E-state index in [0.29, 0.717) is 16.6 Å². The minimum absolute atomic E-state index is 0.185. The Hall–Kier alpha value is -2.12. The number of methoxy groups -OCH3 is 1. The lowest BCUT2D eigenvalue weighted by Crippen LogP contribution is -2.11. The summed E-state index contributed by atoms with van der Waals surface area (Å²) in [6.07, 6.45) is 0. The molecule has 0 aliphatic heterocycles. The molecule has 0 bridgehead atoms.